The van der Waals surface area contributed by atoms with Crippen LogP contribution in [0.5, 0.6) is 0 Å². The summed E-state index contributed by atoms with van der Waals surface area (Å²) in [5, 5.41) is 0. The molecule has 0 N–H and O–H groups in total. The minimum Gasteiger partial charge on any atom is -0.318 e. The molecule has 2 rings (SSSR count). The third kappa shape index (κ3) is 3.77. The van der Waals surface area contributed by atoms with Crippen LogP contribution in [0.4, 0.5) is 0 Å². The normalized spacial score (nSPS) is 9.11. The van der Waals surface area contributed by atoms with Crippen molar-refractivity contribution in [3.63, 3.8) is 0 Å². The van der Waals surface area contributed by atoms with Gasteiger partial charge in [-0.2, -0.15) is 0 Å². The second kappa shape index (κ2) is 7.07. The summed E-state index contributed by atoms with van der Waals surface area (Å²) in [5.41, 5.74) is 1.05. The first-order valence-corrected chi connectivity index (χ1v) is 5.31. The number of Topliss-reactive ketones (excluding diaryl/α,β-unsaturated/α-hetero) is 2. The van der Waals surface area contributed by atoms with Gasteiger partial charge in [-0.15, -0.1) is 24.3 Å². The first-order chi connectivity index (χ1) is 8.27. The summed E-state index contributed by atoms with van der Waals surface area (Å²) in [7, 11) is 0. The molecule has 0 heterocycles. The Morgan fingerprint density at radius 3 is 1.33 bits per heavy atom. The van der Waals surface area contributed by atoms with Crippen molar-refractivity contribution in [2.75, 3.05) is 0 Å². The monoisotopic (exact) mass is 403 g/mol. The fraction of sp³-hybridized carbons (Fsp3) is 0. The number of hydrogen-bond donors (Lipinski definition) is 0. The second-order valence-corrected chi connectivity index (χ2v) is 3.60. The van der Waals surface area contributed by atoms with Gasteiger partial charge in [0.15, 0.2) is 0 Å². The molecule has 88 valence electrons. The Kier molecular flexibility index (Phi) is 5.72. The van der Waals surface area contributed by atoms with Gasteiger partial charge in [-0.3, -0.25) is 0 Å². The number of hydrogen-bond acceptors (Lipinski definition) is 2. The second-order valence-electron chi connectivity index (χ2n) is 3.60. The molecule has 0 aromatic heterocycles. The number of benzene rings is 2. The average molecular weight is 402 g/mol. The Hall–Kier alpha value is -1.48. The van der Waals surface area contributed by atoms with Crippen LogP contribution in [-0.2, 0) is 25.8 Å². The van der Waals surface area contributed by atoms with E-state index in [4.69, 9.17) is 0 Å². The molecule has 0 bridgehead atoms. The van der Waals surface area contributed by atoms with Crippen molar-refractivity contribution < 1.29 is 35.4 Å². The van der Waals surface area contributed by atoms with E-state index in [-0.39, 0.29) is 37.4 Å². The van der Waals surface area contributed by atoms with Crippen molar-refractivity contribution in [1.29, 1.82) is 0 Å². The number of rotatable bonds is 4. The van der Waals surface area contributed by atoms with E-state index in [2.05, 4.69) is 0 Å². The molecule has 0 radical (unpaired) electrons. The Bertz CT molecular complexity index is 471. The topological polar surface area (TPSA) is 34.1 Å². The summed E-state index contributed by atoms with van der Waals surface area (Å²) in [6.07, 6.45) is 1.13. The van der Waals surface area contributed by atoms with Gasteiger partial charge in [0.1, 0.15) is 0 Å². The number of carbonyl (C=O) groups is 2. The molecule has 0 amide bonds. The Labute approximate surface area is 125 Å². The Balaban J connectivity index is 0.00000162. The molecule has 0 aliphatic carbocycles. The zero-order valence-corrected chi connectivity index (χ0v) is 13.3. The van der Waals surface area contributed by atoms with Gasteiger partial charge in [0.05, 0.1) is 11.6 Å². The van der Waals surface area contributed by atoms with Crippen molar-refractivity contribution >= 4 is 11.6 Å². The zero-order chi connectivity index (χ0) is 12.1. The van der Waals surface area contributed by atoms with E-state index >= 15 is 0 Å². The molecule has 0 atom stereocenters. The van der Waals surface area contributed by atoms with Crippen molar-refractivity contribution in [2.45, 2.75) is 0 Å². The third-order valence-electron chi connectivity index (χ3n) is 2.38. The summed E-state index contributed by atoms with van der Waals surface area (Å²) in [4.78, 5) is 23.5. The largest absolute Gasteiger partial charge is 0.318 e. The van der Waals surface area contributed by atoms with Crippen molar-refractivity contribution in [3.05, 3.63) is 78.2 Å². The van der Waals surface area contributed by atoms with E-state index < -0.39 is 0 Å². The fourth-order valence-electron chi connectivity index (χ4n) is 1.49. The van der Waals surface area contributed by atoms with Crippen LogP contribution in [0, 0.1) is 6.42 Å². The molecule has 0 unspecified atom stereocenters. The molecule has 2 aromatic carbocycles. The quantitative estimate of drug-likeness (QED) is 0.342. The molecule has 0 aliphatic rings. The predicted molar refractivity (Wildman–Crippen MR) is 65.8 cm³/mol. The van der Waals surface area contributed by atoms with Gasteiger partial charge >= 0.3 is 0 Å². The molecule has 0 aliphatic heterocycles. The Morgan fingerprint density at radius 2 is 1.00 bits per heavy atom. The van der Waals surface area contributed by atoms with Gasteiger partial charge < -0.3 is 9.59 Å². The van der Waals surface area contributed by atoms with Crippen molar-refractivity contribution in [3.8, 4) is 0 Å². The minimum atomic E-state index is -0.264. The van der Waals surface area contributed by atoms with Crippen LogP contribution in [0.3, 0.4) is 0 Å². The number of ketones is 2. The molecule has 2 nitrogen and oxygen atoms in total. The summed E-state index contributed by atoms with van der Waals surface area (Å²) < 4.78 is 0. The smallest absolute Gasteiger partial charge is 0.0832 e. The predicted octanol–water partition coefficient (Wildman–Crippen LogP) is 2.95. The summed E-state index contributed by atoms with van der Waals surface area (Å²) in [6, 6.07) is 17.5. The van der Waals surface area contributed by atoms with E-state index in [1.807, 2.05) is 12.1 Å². The van der Waals surface area contributed by atoms with E-state index in [1.165, 1.54) is 0 Å². The Morgan fingerprint density at radius 1 is 0.667 bits per heavy atom. The van der Waals surface area contributed by atoms with Crippen LogP contribution in [0.2, 0.25) is 0 Å². The van der Waals surface area contributed by atoms with Gasteiger partial charge in [0.2, 0.25) is 0 Å². The van der Waals surface area contributed by atoms with Crippen molar-refractivity contribution in [2.24, 2.45) is 0 Å². The minimum absolute atomic E-state index is 0. The van der Waals surface area contributed by atoms with Gasteiger partial charge in [-0.05, 0) is 0 Å². The van der Waals surface area contributed by atoms with Gasteiger partial charge in [0.25, 0.3) is 0 Å². The van der Waals surface area contributed by atoms with Gasteiger partial charge in [0, 0.05) is 25.8 Å². The van der Waals surface area contributed by atoms with Crippen LogP contribution in [-0.4, -0.2) is 11.6 Å². The van der Waals surface area contributed by atoms with Crippen LogP contribution >= 0.6 is 0 Å². The molecular formula is C15H11HfO2-. The summed E-state index contributed by atoms with van der Waals surface area (Å²) in [5.74, 6) is -0.529. The fourth-order valence-corrected chi connectivity index (χ4v) is 1.49. The van der Waals surface area contributed by atoms with Crippen LogP contribution in [0.15, 0.2) is 60.7 Å². The maximum Gasteiger partial charge on any atom is 0.0832 e. The summed E-state index contributed by atoms with van der Waals surface area (Å²) >= 11 is 0. The zero-order valence-electron chi connectivity index (χ0n) is 9.67. The number of carbonyl (C=O) groups excluding carboxylic acids is 2. The molecule has 0 saturated carbocycles. The average Bonchev–Trinajstić information content (AvgIpc) is 2.40. The molecule has 3 heteroatoms. The van der Waals surface area contributed by atoms with E-state index in [1.54, 1.807) is 48.5 Å². The van der Waals surface area contributed by atoms with E-state index in [0.29, 0.717) is 11.1 Å². The molecule has 2 aromatic rings. The van der Waals surface area contributed by atoms with Gasteiger partial charge in [-0.1, -0.05) is 53.9 Å². The van der Waals surface area contributed by atoms with Crippen LogP contribution in [0.1, 0.15) is 20.7 Å². The third-order valence-corrected chi connectivity index (χ3v) is 2.38. The molecular weight excluding hydrogens is 391 g/mol. The summed E-state index contributed by atoms with van der Waals surface area (Å²) in [6.45, 7) is 0. The first kappa shape index (κ1) is 14.6. The van der Waals surface area contributed by atoms with Gasteiger partial charge in [-0.25, -0.2) is 0 Å². The molecule has 18 heavy (non-hydrogen) atoms. The van der Waals surface area contributed by atoms with Crippen molar-refractivity contribution in [1.82, 2.24) is 0 Å². The standard InChI is InChI=1S/C15H11O2.Hf/c16-14(12-7-3-1-4-8-12)11-15(17)13-9-5-2-6-10-13;/h1-11H;/q-1;. The molecule has 0 saturated heterocycles. The SMILES string of the molecule is O=C([CH-]C(=O)c1ccccc1)c1ccccc1.[Hf]. The molecule has 0 fully saturated rings. The maximum absolute atomic E-state index is 11.8. The van der Waals surface area contributed by atoms with Crippen LogP contribution < -0.4 is 0 Å². The van der Waals surface area contributed by atoms with E-state index in [0.717, 1.165) is 6.42 Å². The molecule has 0 spiro atoms. The maximum atomic E-state index is 11.8. The first-order valence-electron chi connectivity index (χ1n) is 5.31. The van der Waals surface area contributed by atoms with Crippen LogP contribution in [0.25, 0.3) is 0 Å². The van der Waals surface area contributed by atoms with E-state index in [9.17, 15) is 9.59 Å².